The molecule has 8 nitrogen and oxygen atoms in total. The number of nitrogens with one attached hydrogen (secondary N) is 3. The van der Waals surface area contributed by atoms with Crippen LogP contribution in [0.3, 0.4) is 0 Å². The Labute approximate surface area is 286 Å². The Morgan fingerprint density at radius 2 is 1.70 bits per heavy atom. The third-order valence-electron chi connectivity index (χ3n) is 7.37. The van der Waals surface area contributed by atoms with E-state index >= 15 is 0 Å². The highest BCUT2D eigenvalue weighted by Crippen LogP contribution is 2.39. The molecular formula is C36H34ClN3O5S2. The maximum Gasteiger partial charge on any atom is 0.341 e. The van der Waals surface area contributed by atoms with Crippen molar-refractivity contribution < 1.29 is 23.9 Å². The summed E-state index contributed by atoms with van der Waals surface area (Å²) >= 11 is 8.80. The van der Waals surface area contributed by atoms with E-state index in [2.05, 4.69) is 16.0 Å². The summed E-state index contributed by atoms with van der Waals surface area (Å²) in [6.07, 6.45) is 5.31. The SMILES string of the molecule is CCOC(=O)c1c(NC(=O)C(C)Sc2cccc(NC(=O)/C(=C\c3ccc(Cl)cc3)NC(=O)c3ccccc3)c2)sc2c1CCCC2. The van der Waals surface area contributed by atoms with Gasteiger partial charge in [0, 0.05) is 26.0 Å². The van der Waals surface area contributed by atoms with E-state index in [0.29, 0.717) is 32.4 Å². The molecule has 0 saturated carbocycles. The molecule has 1 aliphatic carbocycles. The second-order valence-corrected chi connectivity index (χ2v) is 13.8. The van der Waals surface area contributed by atoms with Gasteiger partial charge < -0.3 is 20.7 Å². The standard InChI is InChI=1S/C36H34ClN3O5S2/c1-3-45-36(44)31-28-14-7-8-15-30(28)47-35(31)40-32(41)22(2)46-27-13-9-12-26(21-27)38-34(43)29(20-23-16-18-25(37)19-17-23)39-33(42)24-10-5-4-6-11-24/h4-6,9-13,16-22H,3,7-8,14-15H2,1-2H3,(H,38,43)(H,39,42)(H,40,41)/b29-20+. The Bertz CT molecular complexity index is 1810. The normalized spacial score (nSPS) is 13.2. The van der Waals surface area contributed by atoms with Gasteiger partial charge in [0.05, 0.1) is 17.4 Å². The molecule has 11 heteroatoms. The largest absolute Gasteiger partial charge is 0.462 e. The zero-order valence-electron chi connectivity index (χ0n) is 25.9. The average molecular weight is 688 g/mol. The van der Waals surface area contributed by atoms with Crippen molar-refractivity contribution in [1.82, 2.24) is 5.32 Å². The van der Waals surface area contributed by atoms with Crippen LogP contribution in [0.1, 0.15) is 63.4 Å². The number of thiophene rings is 1. The van der Waals surface area contributed by atoms with Crippen molar-refractivity contribution in [1.29, 1.82) is 0 Å². The van der Waals surface area contributed by atoms with Gasteiger partial charge in [-0.05, 0) is 99.2 Å². The second kappa shape index (κ2) is 15.9. The zero-order valence-corrected chi connectivity index (χ0v) is 28.3. The van der Waals surface area contributed by atoms with Crippen LogP contribution in [0.5, 0.6) is 0 Å². The molecule has 0 bridgehead atoms. The number of esters is 1. The number of ether oxygens (including phenoxy) is 1. The number of hydrogen-bond donors (Lipinski definition) is 3. The predicted molar refractivity (Wildman–Crippen MR) is 189 cm³/mol. The highest BCUT2D eigenvalue weighted by atomic mass is 35.5. The Morgan fingerprint density at radius 1 is 0.957 bits per heavy atom. The number of carbonyl (C=O) groups is 4. The fourth-order valence-electron chi connectivity index (χ4n) is 5.06. The fraction of sp³-hybridized carbons (Fsp3) is 0.222. The van der Waals surface area contributed by atoms with E-state index in [1.54, 1.807) is 92.7 Å². The van der Waals surface area contributed by atoms with Gasteiger partial charge in [-0.1, -0.05) is 48.0 Å². The average Bonchev–Trinajstić information content (AvgIpc) is 3.44. The Kier molecular flexibility index (Phi) is 11.5. The Hall–Kier alpha value is -4.38. The van der Waals surface area contributed by atoms with Crippen molar-refractivity contribution >= 4 is 75.2 Å². The summed E-state index contributed by atoms with van der Waals surface area (Å²) in [6, 6.07) is 22.6. The smallest absolute Gasteiger partial charge is 0.341 e. The van der Waals surface area contributed by atoms with E-state index in [9.17, 15) is 19.2 Å². The molecule has 242 valence electrons. The van der Waals surface area contributed by atoms with Gasteiger partial charge in [0.25, 0.3) is 11.8 Å². The summed E-state index contributed by atoms with van der Waals surface area (Å²) < 4.78 is 5.32. The summed E-state index contributed by atoms with van der Waals surface area (Å²) in [4.78, 5) is 54.5. The minimum Gasteiger partial charge on any atom is -0.462 e. The lowest BCUT2D eigenvalue weighted by Crippen LogP contribution is -2.30. The maximum absolute atomic E-state index is 13.5. The number of rotatable bonds is 11. The number of anilines is 2. The minimum atomic E-state index is -0.523. The first kappa shape index (κ1) is 34.0. The van der Waals surface area contributed by atoms with Gasteiger partial charge >= 0.3 is 5.97 Å². The van der Waals surface area contributed by atoms with Gasteiger partial charge in [-0.2, -0.15) is 0 Å². The number of benzene rings is 3. The minimum absolute atomic E-state index is 0.0445. The molecule has 1 aliphatic rings. The van der Waals surface area contributed by atoms with Gasteiger partial charge in [0.1, 0.15) is 10.7 Å². The van der Waals surface area contributed by atoms with E-state index in [-0.39, 0.29) is 18.2 Å². The first-order chi connectivity index (χ1) is 22.7. The molecule has 47 heavy (non-hydrogen) atoms. The lowest BCUT2D eigenvalue weighted by Gasteiger charge is -2.15. The molecule has 0 radical (unpaired) electrons. The van der Waals surface area contributed by atoms with E-state index in [1.165, 1.54) is 23.1 Å². The van der Waals surface area contributed by atoms with Gasteiger partial charge in [-0.15, -0.1) is 23.1 Å². The molecule has 1 aromatic heterocycles. The van der Waals surface area contributed by atoms with Crippen LogP contribution in [0.15, 0.2) is 89.5 Å². The molecule has 3 aromatic carbocycles. The third kappa shape index (κ3) is 8.91. The van der Waals surface area contributed by atoms with Gasteiger partial charge in [0.2, 0.25) is 5.91 Å². The van der Waals surface area contributed by atoms with Gasteiger partial charge in [-0.3, -0.25) is 14.4 Å². The number of amides is 3. The molecule has 3 amide bonds. The van der Waals surface area contributed by atoms with Crippen LogP contribution in [-0.4, -0.2) is 35.5 Å². The number of hydrogen-bond acceptors (Lipinski definition) is 7. The van der Waals surface area contributed by atoms with Crippen molar-refractivity contribution in [3.63, 3.8) is 0 Å². The van der Waals surface area contributed by atoms with Crippen LogP contribution in [0.2, 0.25) is 5.02 Å². The van der Waals surface area contributed by atoms with Crippen LogP contribution < -0.4 is 16.0 Å². The quantitative estimate of drug-likeness (QED) is 0.0837. The Balaban J connectivity index is 1.29. The predicted octanol–water partition coefficient (Wildman–Crippen LogP) is 7.99. The topological polar surface area (TPSA) is 114 Å². The van der Waals surface area contributed by atoms with Crippen LogP contribution in [0.25, 0.3) is 6.08 Å². The van der Waals surface area contributed by atoms with E-state index in [4.69, 9.17) is 16.3 Å². The zero-order chi connectivity index (χ0) is 33.3. The molecule has 4 aromatic rings. The number of aryl methyl sites for hydroxylation is 1. The van der Waals surface area contributed by atoms with E-state index < -0.39 is 23.0 Å². The molecule has 0 spiro atoms. The maximum atomic E-state index is 13.5. The highest BCUT2D eigenvalue weighted by molar-refractivity contribution is 8.00. The van der Waals surface area contributed by atoms with Gasteiger partial charge in [-0.25, -0.2) is 4.79 Å². The summed E-state index contributed by atoms with van der Waals surface area (Å²) in [5, 5.41) is 9.14. The lowest BCUT2D eigenvalue weighted by atomic mass is 9.95. The van der Waals surface area contributed by atoms with Crippen molar-refractivity contribution in [3.8, 4) is 0 Å². The molecule has 0 fully saturated rings. The lowest BCUT2D eigenvalue weighted by molar-refractivity contribution is -0.115. The summed E-state index contributed by atoms with van der Waals surface area (Å²) in [6.45, 7) is 3.81. The van der Waals surface area contributed by atoms with Crippen molar-refractivity contribution in [3.05, 3.63) is 117 Å². The first-order valence-corrected chi connectivity index (χ1v) is 17.3. The Morgan fingerprint density at radius 3 is 2.45 bits per heavy atom. The van der Waals surface area contributed by atoms with Crippen LogP contribution in [-0.2, 0) is 27.2 Å². The van der Waals surface area contributed by atoms with Crippen molar-refractivity contribution in [2.24, 2.45) is 0 Å². The number of carbonyl (C=O) groups excluding carboxylic acids is 4. The first-order valence-electron chi connectivity index (χ1n) is 15.3. The highest BCUT2D eigenvalue weighted by Gasteiger charge is 2.28. The van der Waals surface area contributed by atoms with Crippen LogP contribution >= 0.6 is 34.7 Å². The van der Waals surface area contributed by atoms with E-state index in [1.807, 2.05) is 6.07 Å². The number of fused-ring (bicyclic) bond motifs is 1. The molecule has 1 atom stereocenters. The molecule has 3 N–H and O–H groups in total. The van der Waals surface area contributed by atoms with E-state index in [0.717, 1.165) is 41.0 Å². The molecule has 5 rings (SSSR count). The molecule has 0 saturated heterocycles. The molecule has 0 aliphatic heterocycles. The molecule has 1 heterocycles. The van der Waals surface area contributed by atoms with Crippen LogP contribution in [0, 0.1) is 0 Å². The fourth-order valence-corrected chi connectivity index (χ4v) is 7.39. The van der Waals surface area contributed by atoms with Gasteiger partial charge in [0.15, 0.2) is 0 Å². The van der Waals surface area contributed by atoms with Crippen molar-refractivity contribution in [2.45, 2.75) is 49.7 Å². The third-order valence-corrected chi connectivity index (χ3v) is 9.92. The van der Waals surface area contributed by atoms with Crippen molar-refractivity contribution in [2.75, 3.05) is 17.2 Å². The number of thioether (sulfide) groups is 1. The summed E-state index contributed by atoms with van der Waals surface area (Å²) in [5.41, 5.74) is 3.08. The molecular weight excluding hydrogens is 654 g/mol. The summed E-state index contributed by atoms with van der Waals surface area (Å²) in [7, 11) is 0. The van der Waals surface area contributed by atoms with Crippen LogP contribution in [0.4, 0.5) is 10.7 Å². The number of halogens is 1. The monoisotopic (exact) mass is 687 g/mol. The second-order valence-electron chi connectivity index (χ2n) is 10.8. The molecule has 1 unspecified atom stereocenters. The summed E-state index contributed by atoms with van der Waals surface area (Å²) in [5.74, 6) is -1.60.